The Morgan fingerprint density at radius 1 is 1.36 bits per heavy atom. The van der Waals surface area contributed by atoms with Crippen molar-refractivity contribution in [3.63, 3.8) is 0 Å². The highest BCUT2D eigenvalue weighted by Gasteiger charge is 1.85. The Morgan fingerprint density at radius 2 is 1.91 bits per heavy atom. The molecule has 1 aromatic rings. The van der Waals surface area contributed by atoms with Crippen molar-refractivity contribution >= 4 is 10.6 Å². The molecule has 0 heterocycles. The van der Waals surface area contributed by atoms with E-state index in [1.165, 1.54) is 5.56 Å². The van der Waals surface area contributed by atoms with E-state index in [-0.39, 0.29) is 0 Å². The molecule has 0 unspecified atom stereocenters. The van der Waals surface area contributed by atoms with Gasteiger partial charge in [-0.15, -0.1) is 4.90 Å². The van der Waals surface area contributed by atoms with Gasteiger partial charge in [-0.2, -0.15) is 10.6 Å². The van der Waals surface area contributed by atoms with Gasteiger partial charge in [-0.3, -0.25) is 0 Å². The van der Waals surface area contributed by atoms with Crippen LogP contribution in [-0.2, 0) is 21.2 Å². The van der Waals surface area contributed by atoms with Gasteiger partial charge < -0.3 is 8.99 Å². The van der Waals surface area contributed by atoms with Crippen molar-refractivity contribution in [1.82, 2.24) is 0 Å². The maximum atomic E-state index is 10.6. The first-order chi connectivity index (χ1) is 5.24. The van der Waals surface area contributed by atoms with Gasteiger partial charge in [0.15, 0.2) is 0 Å². The van der Waals surface area contributed by atoms with Crippen LogP contribution in [0.3, 0.4) is 0 Å². The number of aryl methyl sites for hydroxylation is 1. The highest BCUT2D eigenvalue weighted by Crippen LogP contribution is 2.05. The zero-order valence-corrected chi connectivity index (χ0v) is 7.15. The van der Waals surface area contributed by atoms with Crippen LogP contribution in [0, 0.1) is 4.78 Å². The molecule has 0 aliphatic carbocycles. The van der Waals surface area contributed by atoms with E-state index in [2.05, 4.69) is 6.92 Å². The summed E-state index contributed by atoms with van der Waals surface area (Å²) in [4.78, 5) is 0.571. The van der Waals surface area contributed by atoms with E-state index < -0.39 is 10.6 Å². The zero-order valence-electron chi connectivity index (χ0n) is 6.33. The Bertz CT molecular complexity index is 292. The van der Waals surface area contributed by atoms with Gasteiger partial charge in [-0.25, -0.2) is 0 Å². The predicted molar refractivity (Wildman–Crippen MR) is 44.9 cm³/mol. The van der Waals surface area contributed by atoms with E-state index in [0.717, 1.165) is 6.42 Å². The molecule has 0 saturated carbocycles. The lowest BCUT2D eigenvalue weighted by Gasteiger charge is -2.01. The molecule has 0 atom stereocenters. The maximum Gasteiger partial charge on any atom is -0.0307 e. The molecule has 0 fully saturated rings. The summed E-state index contributed by atoms with van der Waals surface area (Å²) >= 11 is 0. The van der Waals surface area contributed by atoms with Gasteiger partial charge in [0.05, 0.1) is 0 Å². The molecule has 1 rings (SSSR count). The normalized spacial score (nSPS) is 10.4. The molecule has 0 aliphatic heterocycles. The molecule has 1 aromatic carbocycles. The van der Waals surface area contributed by atoms with Crippen LogP contribution < -0.4 is 0 Å². The van der Waals surface area contributed by atoms with Crippen LogP contribution >= 0.6 is 0 Å². The zero-order chi connectivity index (χ0) is 8.27. The molecular formula is C8H10NOS-. The Labute approximate surface area is 68.3 Å². The summed E-state index contributed by atoms with van der Waals surface area (Å²) in [6.07, 6.45) is 0.977. The van der Waals surface area contributed by atoms with Gasteiger partial charge in [-0.1, -0.05) is 31.2 Å². The Kier molecular flexibility index (Phi) is 2.65. The van der Waals surface area contributed by atoms with Crippen molar-refractivity contribution in [2.45, 2.75) is 18.2 Å². The number of rotatable bonds is 2. The van der Waals surface area contributed by atoms with Crippen molar-refractivity contribution in [2.24, 2.45) is 0 Å². The summed E-state index contributed by atoms with van der Waals surface area (Å²) in [5, 5.41) is 0. The van der Waals surface area contributed by atoms with Crippen LogP contribution in [0.5, 0.6) is 0 Å². The van der Waals surface area contributed by atoms with Crippen LogP contribution in [0.2, 0.25) is 0 Å². The van der Waals surface area contributed by atoms with E-state index in [4.69, 9.17) is 4.78 Å². The lowest BCUT2D eigenvalue weighted by atomic mass is 10.2. The molecule has 0 amide bonds. The van der Waals surface area contributed by atoms with E-state index in [1.807, 2.05) is 12.1 Å². The van der Waals surface area contributed by atoms with Crippen molar-refractivity contribution in [3.8, 4) is 0 Å². The summed E-state index contributed by atoms with van der Waals surface area (Å²) in [6.45, 7) is 2.06. The third-order valence-corrected chi connectivity index (χ3v) is 2.25. The summed E-state index contributed by atoms with van der Waals surface area (Å²) in [6, 6.07) is 7.29. The molecule has 11 heavy (non-hydrogen) atoms. The number of hydrogen-bond acceptors (Lipinski definition) is 3. The van der Waals surface area contributed by atoms with Gasteiger partial charge >= 0.3 is 0 Å². The lowest BCUT2D eigenvalue weighted by molar-refractivity contribution is 0.599. The molecule has 3 heteroatoms. The van der Waals surface area contributed by atoms with Gasteiger partial charge in [0, 0.05) is 0 Å². The maximum absolute atomic E-state index is 10.6. The average Bonchev–Trinajstić information content (AvgIpc) is 2.05. The Morgan fingerprint density at radius 3 is 2.27 bits per heavy atom. The number of hydrogen-bond donors (Lipinski definition) is 1. The van der Waals surface area contributed by atoms with Gasteiger partial charge in [0.2, 0.25) is 0 Å². The Balaban J connectivity index is 3.01. The quantitative estimate of drug-likeness (QED) is 0.676. The topological polar surface area (TPSA) is 40.9 Å². The third kappa shape index (κ3) is 2.05. The van der Waals surface area contributed by atoms with Crippen molar-refractivity contribution in [2.75, 3.05) is 0 Å². The highest BCUT2D eigenvalue weighted by molar-refractivity contribution is 7.73. The second-order valence-corrected chi connectivity index (χ2v) is 3.28. The van der Waals surface area contributed by atoms with Crippen LogP contribution in [0.4, 0.5) is 0 Å². The minimum atomic E-state index is -1.59. The SMILES string of the molecule is CCc1ccc([S-](=N)=O)cc1. The molecule has 0 bridgehead atoms. The molecule has 0 radical (unpaired) electrons. The average molecular weight is 168 g/mol. The standard InChI is InChI=1S/C8H10NOS/c1-2-7-3-5-8(6-4-7)11(9)10/h3-6,9H,2H2,1H3/q-1. The number of nitrogens with one attached hydrogen (secondary N) is 1. The van der Waals surface area contributed by atoms with E-state index >= 15 is 0 Å². The fraction of sp³-hybridized carbons (Fsp3) is 0.250. The van der Waals surface area contributed by atoms with Gasteiger partial charge in [0.25, 0.3) is 0 Å². The third-order valence-electron chi connectivity index (χ3n) is 1.55. The minimum Gasteiger partial charge on any atom is -0.440 e. The van der Waals surface area contributed by atoms with Gasteiger partial charge in [-0.05, 0) is 12.0 Å². The molecule has 60 valence electrons. The first-order valence-electron chi connectivity index (χ1n) is 3.46. The van der Waals surface area contributed by atoms with Crippen molar-refractivity contribution in [3.05, 3.63) is 29.8 Å². The van der Waals surface area contributed by atoms with Crippen LogP contribution in [0.15, 0.2) is 29.2 Å². The summed E-state index contributed by atoms with van der Waals surface area (Å²) in [5.41, 5.74) is 1.21. The first-order valence-corrected chi connectivity index (χ1v) is 4.61. The summed E-state index contributed by atoms with van der Waals surface area (Å²) in [7, 11) is -1.59. The largest absolute Gasteiger partial charge is 0.440 e. The smallest absolute Gasteiger partial charge is 0.0307 e. The molecule has 0 aliphatic rings. The molecule has 2 nitrogen and oxygen atoms in total. The van der Waals surface area contributed by atoms with Crippen LogP contribution in [-0.4, -0.2) is 0 Å². The summed E-state index contributed by atoms with van der Waals surface area (Å²) < 4.78 is 17.5. The Hall–Kier alpha value is -0.830. The molecule has 0 aromatic heterocycles. The van der Waals surface area contributed by atoms with E-state index in [1.54, 1.807) is 12.1 Å². The van der Waals surface area contributed by atoms with Crippen LogP contribution in [0.1, 0.15) is 12.5 Å². The lowest BCUT2D eigenvalue weighted by Crippen LogP contribution is -1.80. The van der Waals surface area contributed by atoms with E-state index in [9.17, 15) is 4.21 Å². The monoisotopic (exact) mass is 168 g/mol. The van der Waals surface area contributed by atoms with Crippen molar-refractivity contribution in [1.29, 1.82) is 4.78 Å². The van der Waals surface area contributed by atoms with Crippen LogP contribution in [0.25, 0.3) is 0 Å². The minimum absolute atomic E-state index is 0.571. The predicted octanol–water partition coefficient (Wildman–Crippen LogP) is 2.33. The number of benzene rings is 1. The summed E-state index contributed by atoms with van der Waals surface area (Å²) in [5.74, 6) is 0. The molecule has 0 spiro atoms. The van der Waals surface area contributed by atoms with Crippen molar-refractivity contribution < 1.29 is 4.21 Å². The molecule has 0 saturated heterocycles. The van der Waals surface area contributed by atoms with E-state index in [0.29, 0.717) is 4.90 Å². The fourth-order valence-corrected chi connectivity index (χ4v) is 1.23. The highest BCUT2D eigenvalue weighted by atomic mass is 32.2. The molecule has 1 N–H and O–H groups in total. The fourth-order valence-electron chi connectivity index (χ4n) is 0.849. The second kappa shape index (κ2) is 3.53. The second-order valence-electron chi connectivity index (χ2n) is 2.27. The van der Waals surface area contributed by atoms with Gasteiger partial charge in [0.1, 0.15) is 0 Å². The first kappa shape index (κ1) is 8.27. The molecular weight excluding hydrogens is 158 g/mol.